The molecule has 0 unspecified atom stereocenters. The van der Waals surface area contributed by atoms with E-state index in [9.17, 15) is 14.2 Å². The number of phosphoric acid groups is 1. The van der Waals surface area contributed by atoms with Gasteiger partial charge in [0.25, 0.3) is 0 Å². The van der Waals surface area contributed by atoms with Gasteiger partial charge in [-0.05, 0) is 19.3 Å². The fourth-order valence-electron chi connectivity index (χ4n) is 4.07. The monoisotopic (exact) mass is 581 g/mol. The maximum atomic E-state index is 12.2. The molecule has 0 spiro atoms. The molecule has 0 radical (unpaired) electrons. The molecule has 0 aromatic heterocycles. The number of hydrogen-bond acceptors (Lipinski definition) is 7. The molecule has 0 aliphatic carbocycles. The smallest absolute Gasteiger partial charge is 0.457 e. The topological polar surface area (TPSA) is 141 Å². The van der Waals surface area contributed by atoms with Crippen LogP contribution in [0.2, 0.25) is 0 Å². The molecule has 0 aliphatic heterocycles. The van der Waals surface area contributed by atoms with Crippen molar-refractivity contribution in [2.24, 2.45) is 0 Å². The van der Waals surface area contributed by atoms with Gasteiger partial charge in [0.2, 0.25) is 5.91 Å². The molecule has 0 aromatic rings. The summed E-state index contributed by atoms with van der Waals surface area (Å²) in [4.78, 5) is 40.9. The zero-order chi connectivity index (χ0) is 29.0. The molecule has 0 fully saturated rings. The lowest BCUT2D eigenvalue weighted by Gasteiger charge is -2.18. The van der Waals surface area contributed by atoms with E-state index in [-0.39, 0.29) is 25.7 Å². The molecular weight excluding hydrogens is 525 g/mol. The SMILES string of the molecule is CCCCCCCCCCCCC(=O)O[C@@H](COCOCCCCCCCCCNC(C)=O)COP(=O)(O)O. The lowest BCUT2D eigenvalue weighted by Crippen LogP contribution is -2.28. The number of unbranched alkanes of at least 4 members (excludes halogenated alkanes) is 15. The number of esters is 1. The summed E-state index contributed by atoms with van der Waals surface area (Å²) in [5, 5.41) is 2.80. The van der Waals surface area contributed by atoms with Crippen molar-refractivity contribution in [3.63, 3.8) is 0 Å². The van der Waals surface area contributed by atoms with Gasteiger partial charge in [-0.2, -0.15) is 0 Å². The summed E-state index contributed by atoms with van der Waals surface area (Å²) in [6.07, 6.45) is 18.5. The lowest BCUT2D eigenvalue weighted by molar-refractivity contribution is -0.158. The van der Waals surface area contributed by atoms with E-state index in [0.29, 0.717) is 6.61 Å². The van der Waals surface area contributed by atoms with Gasteiger partial charge in [0, 0.05) is 26.5 Å². The van der Waals surface area contributed by atoms with Gasteiger partial charge in [0.15, 0.2) is 0 Å². The van der Waals surface area contributed by atoms with Crippen LogP contribution in [-0.4, -0.2) is 60.9 Å². The molecule has 1 amide bonds. The molecule has 3 N–H and O–H groups in total. The predicted octanol–water partition coefficient (Wildman–Crippen LogP) is 6.18. The van der Waals surface area contributed by atoms with Crippen LogP contribution in [-0.2, 0) is 32.9 Å². The minimum absolute atomic E-state index is 0.00551. The summed E-state index contributed by atoms with van der Waals surface area (Å²) in [7, 11) is -4.68. The standard InChI is InChI=1S/C28H56NO9P/c1-3-4-5-6-7-8-9-11-14-17-20-28(31)38-27(24-37-39(32,33)34)23-36-25-35-22-19-16-13-10-12-15-18-21-29-26(2)30/h27H,3-25H2,1-2H3,(H,29,30)(H2,32,33,34)/t27-/m0/s1. The molecule has 232 valence electrons. The molecule has 0 heterocycles. The van der Waals surface area contributed by atoms with Crippen molar-refractivity contribution in [1.29, 1.82) is 0 Å². The quantitative estimate of drug-likeness (QED) is 0.0409. The molecule has 39 heavy (non-hydrogen) atoms. The Kier molecular flexibility index (Phi) is 26.4. The lowest BCUT2D eigenvalue weighted by atomic mass is 10.1. The fraction of sp³-hybridized carbons (Fsp3) is 0.929. The van der Waals surface area contributed by atoms with Gasteiger partial charge in [0.05, 0.1) is 13.2 Å². The van der Waals surface area contributed by atoms with Crippen LogP contribution < -0.4 is 5.32 Å². The first-order chi connectivity index (χ1) is 18.7. The molecule has 0 aromatic carbocycles. The molecule has 0 rings (SSSR count). The van der Waals surface area contributed by atoms with Crippen molar-refractivity contribution in [1.82, 2.24) is 5.32 Å². The predicted molar refractivity (Wildman–Crippen MR) is 152 cm³/mol. The highest BCUT2D eigenvalue weighted by atomic mass is 31.2. The van der Waals surface area contributed by atoms with E-state index < -0.39 is 26.5 Å². The average molecular weight is 582 g/mol. The van der Waals surface area contributed by atoms with Crippen molar-refractivity contribution in [3.05, 3.63) is 0 Å². The van der Waals surface area contributed by atoms with Crippen molar-refractivity contribution in [2.45, 2.75) is 136 Å². The van der Waals surface area contributed by atoms with Crippen LogP contribution in [0.4, 0.5) is 0 Å². The zero-order valence-corrected chi connectivity index (χ0v) is 25.4. The maximum Gasteiger partial charge on any atom is 0.469 e. The van der Waals surface area contributed by atoms with Crippen LogP contribution in [0.1, 0.15) is 129 Å². The number of carbonyl (C=O) groups is 2. The number of carbonyl (C=O) groups excluding carboxylic acids is 2. The Balaban J connectivity index is 3.86. The van der Waals surface area contributed by atoms with Gasteiger partial charge < -0.3 is 29.3 Å². The van der Waals surface area contributed by atoms with Gasteiger partial charge in [-0.1, -0.05) is 96.8 Å². The normalized spacial score (nSPS) is 12.4. The Morgan fingerprint density at radius 3 is 1.85 bits per heavy atom. The highest BCUT2D eigenvalue weighted by molar-refractivity contribution is 7.46. The minimum Gasteiger partial charge on any atom is -0.457 e. The molecule has 0 saturated carbocycles. The van der Waals surface area contributed by atoms with Gasteiger partial charge in [-0.3, -0.25) is 14.1 Å². The number of nitrogens with one attached hydrogen (secondary N) is 1. The Bertz CT molecular complexity index is 630. The Hall–Kier alpha value is -1.03. The van der Waals surface area contributed by atoms with Crippen molar-refractivity contribution in [2.75, 3.05) is 33.2 Å². The third-order valence-corrected chi connectivity index (χ3v) is 6.76. The van der Waals surface area contributed by atoms with Gasteiger partial charge >= 0.3 is 13.8 Å². The van der Waals surface area contributed by atoms with E-state index in [0.717, 1.165) is 70.8 Å². The minimum atomic E-state index is -4.68. The second kappa shape index (κ2) is 27.2. The summed E-state index contributed by atoms with van der Waals surface area (Å²) in [5.74, 6) is -0.405. The van der Waals surface area contributed by atoms with Crippen LogP contribution in [0, 0.1) is 0 Å². The van der Waals surface area contributed by atoms with Crippen molar-refractivity contribution < 1.29 is 42.7 Å². The highest BCUT2D eigenvalue weighted by Gasteiger charge is 2.21. The first-order valence-corrected chi connectivity index (χ1v) is 16.6. The second-order valence-electron chi connectivity index (χ2n) is 10.2. The number of amides is 1. The largest absolute Gasteiger partial charge is 0.469 e. The molecule has 1 atom stereocenters. The maximum absolute atomic E-state index is 12.2. The fourth-order valence-corrected chi connectivity index (χ4v) is 4.43. The number of rotatable bonds is 29. The van der Waals surface area contributed by atoms with Gasteiger partial charge in [-0.15, -0.1) is 0 Å². The Labute approximate surface area is 236 Å². The van der Waals surface area contributed by atoms with Crippen LogP contribution in [0.3, 0.4) is 0 Å². The third-order valence-electron chi connectivity index (χ3n) is 6.27. The van der Waals surface area contributed by atoms with E-state index in [1.54, 1.807) is 0 Å². The highest BCUT2D eigenvalue weighted by Crippen LogP contribution is 2.35. The molecule has 0 bridgehead atoms. The number of ether oxygens (including phenoxy) is 3. The average Bonchev–Trinajstić information content (AvgIpc) is 2.87. The van der Waals surface area contributed by atoms with Crippen LogP contribution >= 0.6 is 7.82 Å². The van der Waals surface area contributed by atoms with Gasteiger partial charge in [-0.25, -0.2) is 4.57 Å². The van der Waals surface area contributed by atoms with E-state index in [1.807, 2.05) is 0 Å². The van der Waals surface area contributed by atoms with Crippen molar-refractivity contribution in [3.8, 4) is 0 Å². The van der Waals surface area contributed by atoms with E-state index in [2.05, 4.69) is 16.8 Å². The second-order valence-corrected chi connectivity index (χ2v) is 11.4. The molecule has 11 heteroatoms. The summed E-state index contributed by atoms with van der Waals surface area (Å²) in [6.45, 7) is 4.53. The van der Waals surface area contributed by atoms with E-state index in [1.165, 1.54) is 51.9 Å². The summed E-state index contributed by atoms with van der Waals surface area (Å²) in [5.41, 5.74) is 0. The van der Waals surface area contributed by atoms with Crippen LogP contribution in [0.25, 0.3) is 0 Å². The molecule has 10 nitrogen and oxygen atoms in total. The zero-order valence-electron chi connectivity index (χ0n) is 24.5. The number of hydrogen-bond donors (Lipinski definition) is 3. The van der Waals surface area contributed by atoms with E-state index >= 15 is 0 Å². The first-order valence-electron chi connectivity index (χ1n) is 15.0. The van der Waals surface area contributed by atoms with E-state index in [4.69, 9.17) is 24.0 Å². The third kappa shape index (κ3) is 31.4. The summed E-state index contributed by atoms with van der Waals surface area (Å²) >= 11 is 0. The first kappa shape index (κ1) is 38.0. The van der Waals surface area contributed by atoms with Crippen LogP contribution in [0.5, 0.6) is 0 Å². The summed E-state index contributed by atoms with van der Waals surface area (Å²) < 4.78 is 31.8. The molecular formula is C28H56NO9P. The van der Waals surface area contributed by atoms with Gasteiger partial charge in [0.1, 0.15) is 12.9 Å². The van der Waals surface area contributed by atoms with Crippen LogP contribution in [0.15, 0.2) is 0 Å². The molecule has 0 aliphatic rings. The molecule has 0 saturated heterocycles. The van der Waals surface area contributed by atoms with Crippen molar-refractivity contribution >= 4 is 19.7 Å². The Morgan fingerprint density at radius 1 is 0.744 bits per heavy atom. The summed E-state index contributed by atoms with van der Waals surface area (Å²) in [6, 6.07) is 0. The number of phosphoric ester groups is 1. The Morgan fingerprint density at radius 2 is 1.28 bits per heavy atom.